The number of rotatable bonds is 7. The van der Waals surface area contributed by atoms with Crippen molar-refractivity contribution < 1.29 is 9.53 Å². The van der Waals surface area contributed by atoms with Gasteiger partial charge in [0.1, 0.15) is 0 Å². The molecule has 1 aliphatic heterocycles. The molecular formula is C18H28N2O2. The van der Waals surface area contributed by atoms with Gasteiger partial charge in [-0.05, 0) is 37.2 Å². The molecule has 0 spiro atoms. The van der Waals surface area contributed by atoms with E-state index in [1.165, 1.54) is 12.0 Å². The minimum Gasteiger partial charge on any atom is -0.380 e. The summed E-state index contributed by atoms with van der Waals surface area (Å²) in [5.41, 5.74) is 6.99. The van der Waals surface area contributed by atoms with Gasteiger partial charge >= 0.3 is 0 Å². The lowest BCUT2D eigenvalue weighted by Gasteiger charge is -2.32. The van der Waals surface area contributed by atoms with Crippen molar-refractivity contribution in [2.24, 2.45) is 11.7 Å². The molecule has 0 aliphatic carbocycles. The van der Waals surface area contributed by atoms with Crippen LogP contribution in [0.1, 0.15) is 31.2 Å². The van der Waals surface area contributed by atoms with Crippen LogP contribution in [0.25, 0.3) is 0 Å². The standard InChI is InChI=1S/C18H28N2O2/c1-22-17(14-19)13-18(21)20-11-9-16(10-12-20)8-7-15-5-3-2-4-6-15/h2-6,16-17H,7-14,19H2,1H3. The molecule has 1 saturated heterocycles. The third-order valence-electron chi connectivity index (χ3n) is 4.65. The predicted octanol–water partition coefficient (Wildman–Crippen LogP) is 2.22. The van der Waals surface area contributed by atoms with E-state index in [2.05, 4.69) is 30.3 Å². The lowest BCUT2D eigenvalue weighted by molar-refractivity contribution is -0.135. The van der Waals surface area contributed by atoms with Gasteiger partial charge in [-0.1, -0.05) is 30.3 Å². The van der Waals surface area contributed by atoms with Gasteiger partial charge in [-0.2, -0.15) is 0 Å². The molecule has 2 rings (SSSR count). The average Bonchev–Trinajstić information content (AvgIpc) is 2.59. The Balaban J connectivity index is 1.70. The number of amides is 1. The molecule has 4 nitrogen and oxygen atoms in total. The van der Waals surface area contributed by atoms with Gasteiger partial charge in [0.15, 0.2) is 0 Å². The quantitative estimate of drug-likeness (QED) is 0.840. The van der Waals surface area contributed by atoms with Gasteiger partial charge in [0.2, 0.25) is 5.91 Å². The lowest BCUT2D eigenvalue weighted by Crippen LogP contribution is -2.41. The van der Waals surface area contributed by atoms with Crippen molar-refractivity contribution in [3.63, 3.8) is 0 Å². The maximum Gasteiger partial charge on any atom is 0.225 e. The summed E-state index contributed by atoms with van der Waals surface area (Å²) >= 11 is 0. The number of hydrogen-bond donors (Lipinski definition) is 1. The number of likely N-dealkylation sites (tertiary alicyclic amines) is 1. The van der Waals surface area contributed by atoms with Crippen molar-refractivity contribution in [3.8, 4) is 0 Å². The molecule has 0 bridgehead atoms. The molecule has 1 aromatic rings. The number of nitrogens with zero attached hydrogens (tertiary/aromatic N) is 1. The zero-order valence-electron chi connectivity index (χ0n) is 13.5. The fourth-order valence-corrected chi connectivity index (χ4v) is 3.07. The number of benzene rings is 1. The van der Waals surface area contributed by atoms with Gasteiger partial charge in [0.25, 0.3) is 0 Å². The second-order valence-electron chi connectivity index (χ2n) is 6.15. The Hall–Kier alpha value is -1.39. The highest BCUT2D eigenvalue weighted by Crippen LogP contribution is 2.23. The Bertz CT molecular complexity index is 438. The first-order valence-electron chi connectivity index (χ1n) is 8.27. The summed E-state index contributed by atoms with van der Waals surface area (Å²) in [4.78, 5) is 14.2. The number of aryl methyl sites for hydroxylation is 1. The first-order chi connectivity index (χ1) is 10.7. The minimum absolute atomic E-state index is 0.150. The highest BCUT2D eigenvalue weighted by Gasteiger charge is 2.24. The van der Waals surface area contributed by atoms with Crippen LogP contribution < -0.4 is 5.73 Å². The molecule has 1 aromatic carbocycles. The van der Waals surface area contributed by atoms with E-state index in [9.17, 15) is 4.79 Å². The SMILES string of the molecule is COC(CN)CC(=O)N1CCC(CCc2ccccc2)CC1. The predicted molar refractivity (Wildman–Crippen MR) is 88.5 cm³/mol. The normalized spacial score (nSPS) is 17.5. The van der Waals surface area contributed by atoms with E-state index in [-0.39, 0.29) is 12.0 Å². The van der Waals surface area contributed by atoms with Crippen molar-refractivity contribution in [2.45, 2.75) is 38.2 Å². The van der Waals surface area contributed by atoms with Crippen LogP contribution in [0.5, 0.6) is 0 Å². The Labute approximate surface area is 133 Å². The van der Waals surface area contributed by atoms with Crippen LogP contribution in [0.4, 0.5) is 0 Å². The molecule has 122 valence electrons. The Kier molecular flexibility index (Phi) is 6.87. The lowest BCUT2D eigenvalue weighted by atomic mass is 9.90. The highest BCUT2D eigenvalue weighted by atomic mass is 16.5. The molecule has 2 N–H and O–H groups in total. The van der Waals surface area contributed by atoms with Crippen molar-refractivity contribution in [3.05, 3.63) is 35.9 Å². The van der Waals surface area contributed by atoms with E-state index in [1.807, 2.05) is 4.90 Å². The summed E-state index contributed by atoms with van der Waals surface area (Å²) in [5.74, 6) is 0.913. The number of hydrogen-bond acceptors (Lipinski definition) is 3. The van der Waals surface area contributed by atoms with Gasteiger partial charge in [0, 0.05) is 26.7 Å². The first-order valence-corrected chi connectivity index (χ1v) is 8.27. The maximum absolute atomic E-state index is 12.2. The summed E-state index contributed by atoms with van der Waals surface area (Å²) in [6, 6.07) is 10.6. The molecule has 4 heteroatoms. The summed E-state index contributed by atoms with van der Waals surface area (Å²) in [6.45, 7) is 2.15. The molecule has 0 saturated carbocycles. The first kappa shape index (κ1) is 17.0. The van der Waals surface area contributed by atoms with Crippen molar-refractivity contribution in [1.29, 1.82) is 0 Å². The number of methoxy groups -OCH3 is 1. The smallest absolute Gasteiger partial charge is 0.225 e. The van der Waals surface area contributed by atoms with Crippen LogP contribution in [-0.4, -0.2) is 43.7 Å². The third-order valence-corrected chi connectivity index (χ3v) is 4.65. The molecule has 0 radical (unpaired) electrons. The van der Waals surface area contributed by atoms with Crippen molar-refractivity contribution in [2.75, 3.05) is 26.7 Å². The molecular weight excluding hydrogens is 276 g/mol. The minimum atomic E-state index is -0.150. The van der Waals surface area contributed by atoms with E-state index < -0.39 is 0 Å². The number of carbonyl (C=O) groups is 1. The fraction of sp³-hybridized carbons (Fsp3) is 0.611. The number of piperidine rings is 1. The Morgan fingerprint density at radius 1 is 1.32 bits per heavy atom. The average molecular weight is 304 g/mol. The van der Waals surface area contributed by atoms with E-state index in [0.717, 1.165) is 38.3 Å². The van der Waals surface area contributed by atoms with E-state index in [4.69, 9.17) is 10.5 Å². The van der Waals surface area contributed by atoms with Crippen LogP contribution in [-0.2, 0) is 16.0 Å². The molecule has 1 atom stereocenters. The highest BCUT2D eigenvalue weighted by molar-refractivity contribution is 5.76. The largest absolute Gasteiger partial charge is 0.380 e. The van der Waals surface area contributed by atoms with E-state index >= 15 is 0 Å². The van der Waals surface area contributed by atoms with Crippen LogP contribution in [0.3, 0.4) is 0 Å². The maximum atomic E-state index is 12.2. The molecule has 22 heavy (non-hydrogen) atoms. The van der Waals surface area contributed by atoms with Crippen LogP contribution in [0.15, 0.2) is 30.3 Å². The Morgan fingerprint density at radius 2 is 2.00 bits per heavy atom. The number of nitrogens with two attached hydrogens (primary N) is 1. The van der Waals surface area contributed by atoms with Crippen LogP contribution in [0.2, 0.25) is 0 Å². The van der Waals surface area contributed by atoms with Crippen LogP contribution >= 0.6 is 0 Å². The molecule has 1 aliphatic rings. The summed E-state index contributed by atoms with van der Waals surface area (Å²) < 4.78 is 5.20. The van der Waals surface area contributed by atoms with Gasteiger partial charge in [-0.25, -0.2) is 0 Å². The van der Waals surface area contributed by atoms with Gasteiger partial charge < -0.3 is 15.4 Å². The molecule has 1 unspecified atom stereocenters. The number of ether oxygens (including phenoxy) is 1. The van der Waals surface area contributed by atoms with Gasteiger partial charge in [-0.15, -0.1) is 0 Å². The topological polar surface area (TPSA) is 55.6 Å². The van der Waals surface area contributed by atoms with Crippen LogP contribution in [0, 0.1) is 5.92 Å². The summed E-state index contributed by atoms with van der Waals surface area (Å²) in [5, 5.41) is 0. The second-order valence-corrected chi connectivity index (χ2v) is 6.15. The fourth-order valence-electron chi connectivity index (χ4n) is 3.07. The van der Waals surface area contributed by atoms with E-state index in [1.54, 1.807) is 7.11 Å². The molecule has 1 fully saturated rings. The van der Waals surface area contributed by atoms with Crippen molar-refractivity contribution >= 4 is 5.91 Å². The zero-order chi connectivity index (χ0) is 15.8. The molecule has 1 heterocycles. The zero-order valence-corrected chi connectivity index (χ0v) is 13.5. The second kappa shape index (κ2) is 8.91. The van der Waals surface area contributed by atoms with Crippen molar-refractivity contribution in [1.82, 2.24) is 4.90 Å². The number of carbonyl (C=O) groups excluding carboxylic acids is 1. The van der Waals surface area contributed by atoms with E-state index in [0.29, 0.717) is 13.0 Å². The Morgan fingerprint density at radius 3 is 2.59 bits per heavy atom. The van der Waals surface area contributed by atoms with Gasteiger partial charge in [-0.3, -0.25) is 4.79 Å². The third kappa shape index (κ3) is 5.11. The molecule has 1 amide bonds. The summed E-state index contributed by atoms with van der Waals surface area (Å²) in [6.07, 6.45) is 4.83. The van der Waals surface area contributed by atoms with Gasteiger partial charge in [0.05, 0.1) is 12.5 Å². The summed E-state index contributed by atoms with van der Waals surface area (Å²) in [7, 11) is 1.61. The molecule has 0 aromatic heterocycles. The monoisotopic (exact) mass is 304 g/mol.